The average molecular weight is 346 g/mol. The van der Waals surface area contributed by atoms with E-state index < -0.39 is 0 Å². The van der Waals surface area contributed by atoms with Crippen molar-refractivity contribution in [1.82, 2.24) is 9.80 Å². The third kappa shape index (κ3) is 3.94. The summed E-state index contributed by atoms with van der Waals surface area (Å²) in [5, 5.41) is 0.577. The summed E-state index contributed by atoms with van der Waals surface area (Å²) in [4.78, 5) is 29.6. The van der Waals surface area contributed by atoms with Gasteiger partial charge in [0.15, 0.2) is 0 Å². The zero-order valence-electron chi connectivity index (χ0n) is 14.5. The molecule has 0 spiro atoms. The second-order valence-corrected chi connectivity index (χ2v) is 8.17. The lowest BCUT2D eigenvalue weighted by atomic mass is 10.0. The van der Waals surface area contributed by atoms with Gasteiger partial charge in [-0.25, -0.2) is 0 Å². The van der Waals surface area contributed by atoms with Crippen molar-refractivity contribution in [3.63, 3.8) is 0 Å². The zero-order valence-corrected chi connectivity index (χ0v) is 15.3. The third-order valence-electron chi connectivity index (χ3n) is 4.99. The molecule has 24 heavy (non-hydrogen) atoms. The number of hydrogen-bond donors (Lipinski definition) is 0. The molecule has 0 radical (unpaired) electrons. The molecule has 2 saturated heterocycles. The van der Waals surface area contributed by atoms with Gasteiger partial charge in [-0.05, 0) is 38.8 Å². The Kier molecular flexibility index (Phi) is 5.49. The smallest absolute Gasteiger partial charge is 0.227 e. The molecule has 1 atom stereocenters. The molecule has 0 N–H and O–H groups in total. The van der Waals surface area contributed by atoms with Crippen LogP contribution in [0.25, 0.3) is 0 Å². The minimum absolute atomic E-state index is 0.126. The van der Waals surface area contributed by atoms with Gasteiger partial charge < -0.3 is 9.80 Å². The van der Waals surface area contributed by atoms with Gasteiger partial charge in [0.25, 0.3) is 0 Å². The van der Waals surface area contributed by atoms with Crippen molar-refractivity contribution in [3.05, 3.63) is 29.8 Å². The Morgan fingerprint density at radius 3 is 2.67 bits per heavy atom. The first kappa shape index (κ1) is 17.3. The predicted molar refractivity (Wildman–Crippen MR) is 97.0 cm³/mol. The van der Waals surface area contributed by atoms with E-state index in [9.17, 15) is 9.59 Å². The van der Waals surface area contributed by atoms with Crippen molar-refractivity contribution >= 4 is 23.6 Å². The molecule has 2 aliphatic heterocycles. The lowest BCUT2D eigenvalue weighted by Gasteiger charge is -2.33. The molecule has 130 valence electrons. The molecule has 0 aromatic heterocycles. The van der Waals surface area contributed by atoms with Gasteiger partial charge in [-0.1, -0.05) is 17.7 Å². The topological polar surface area (TPSA) is 40.6 Å². The van der Waals surface area contributed by atoms with E-state index >= 15 is 0 Å². The van der Waals surface area contributed by atoms with Gasteiger partial charge in [-0.15, -0.1) is 11.8 Å². The average Bonchev–Trinajstić information content (AvgIpc) is 2.96. The van der Waals surface area contributed by atoms with Crippen LogP contribution in [0.2, 0.25) is 0 Å². The van der Waals surface area contributed by atoms with Crippen LogP contribution in [0.4, 0.5) is 0 Å². The van der Waals surface area contributed by atoms with Crippen molar-refractivity contribution in [2.45, 2.75) is 43.3 Å². The molecule has 2 heterocycles. The van der Waals surface area contributed by atoms with E-state index in [1.807, 2.05) is 23.6 Å². The van der Waals surface area contributed by atoms with E-state index in [-0.39, 0.29) is 17.7 Å². The Hall–Kier alpha value is -1.49. The van der Waals surface area contributed by atoms with Gasteiger partial charge in [0, 0.05) is 42.7 Å². The molecule has 4 nitrogen and oxygen atoms in total. The number of carbonyl (C=O) groups excluding carboxylic acids is 2. The molecule has 2 fully saturated rings. The standard InChI is InChI=1S/C19H26N2O2S/c1-3-20-13-15(12-18(20)22)19(23)21-9-7-16(8-10-21)24-17-6-4-5-14(2)11-17/h4-6,11,15-16H,3,7-10,12-13H2,1-2H3/t15-/m1/s1. The predicted octanol–water partition coefficient (Wildman–Crippen LogP) is 2.95. The van der Waals surface area contributed by atoms with E-state index in [2.05, 4.69) is 31.2 Å². The maximum absolute atomic E-state index is 12.7. The molecule has 2 amide bonds. The van der Waals surface area contributed by atoms with Gasteiger partial charge in [0.05, 0.1) is 5.92 Å². The van der Waals surface area contributed by atoms with Crippen LogP contribution in [0.5, 0.6) is 0 Å². The van der Waals surface area contributed by atoms with Gasteiger partial charge in [-0.3, -0.25) is 9.59 Å². The number of piperidine rings is 1. The summed E-state index contributed by atoms with van der Waals surface area (Å²) in [5.74, 6) is 0.178. The maximum atomic E-state index is 12.7. The molecule has 5 heteroatoms. The van der Waals surface area contributed by atoms with E-state index in [1.54, 1.807) is 4.90 Å². The number of amides is 2. The van der Waals surface area contributed by atoms with Crippen molar-refractivity contribution < 1.29 is 9.59 Å². The highest BCUT2D eigenvalue weighted by atomic mass is 32.2. The van der Waals surface area contributed by atoms with Crippen molar-refractivity contribution in [2.75, 3.05) is 26.2 Å². The number of rotatable bonds is 4. The molecule has 0 aliphatic carbocycles. The fourth-order valence-corrected chi connectivity index (χ4v) is 4.82. The van der Waals surface area contributed by atoms with Gasteiger partial charge in [-0.2, -0.15) is 0 Å². The van der Waals surface area contributed by atoms with Crippen LogP contribution in [-0.2, 0) is 9.59 Å². The second kappa shape index (κ2) is 7.60. The van der Waals surface area contributed by atoms with Gasteiger partial charge in [0.1, 0.15) is 0 Å². The fraction of sp³-hybridized carbons (Fsp3) is 0.579. The van der Waals surface area contributed by atoms with Crippen LogP contribution in [0.3, 0.4) is 0 Å². The fourth-order valence-electron chi connectivity index (χ4n) is 3.58. The monoisotopic (exact) mass is 346 g/mol. The van der Waals surface area contributed by atoms with Crippen LogP contribution in [-0.4, -0.2) is 53.0 Å². The number of benzene rings is 1. The lowest BCUT2D eigenvalue weighted by molar-refractivity contribution is -0.136. The third-order valence-corrected chi connectivity index (χ3v) is 6.32. The van der Waals surface area contributed by atoms with Crippen LogP contribution in [0, 0.1) is 12.8 Å². The summed E-state index contributed by atoms with van der Waals surface area (Å²) in [6.07, 6.45) is 2.45. The largest absolute Gasteiger partial charge is 0.342 e. The molecular formula is C19H26N2O2S. The molecule has 3 rings (SSSR count). The molecule has 0 bridgehead atoms. The summed E-state index contributed by atoms with van der Waals surface area (Å²) in [5.41, 5.74) is 1.29. The molecule has 0 saturated carbocycles. The second-order valence-electron chi connectivity index (χ2n) is 6.79. The number of carbonyl (C=O) groups is 2. The first-order valence-electron chi connectivity index (χ1n) is 8.86. The Labute approximate surface area is 148 Å². The summed E-state index contributed by atoms with van der Waals surface area (Å²) in [6, 6.07) is 8.62. The molecule has 2 aliphatic rings. The summed E-state index contributed by atoms with van der Waals surface area (Å²) < 4.78 is 0. The van der Waals surface area contributed by atoms with E-state index in [0.717, 1.165) is 25.9 Å². The van der Waals surface area contributed by atoms with Gasteiger partial charge in [0.2, 0.25) is 11.8 Å². The Balaban J connectivity index is 1.50. The zero-order chi connectivity index (χ0) is 17.1. The molecule has 1 aromatic rings. The highest BCUT2D eigenvalue weighted by molar-refractivity contribution is 8.00. The summed E-state index contributed by atoms with van der Waals surface area (Å²) >= 11 is 1.93. The summed E-state index contributed by atoms with van der Waals surface area (Å²) in [7, 11) is 0. The number of thioether (sulfide) groups is 1. The van der Waals surface area contributed by atoms with Crippen LogP contribution in [0.15, 0.2) is 29.2 Å². The number of hydrogen-bond acceptors (Lipinski definition) is 3. The quantitative estimate of drug-likeness (QED) is 0.842. The molecule has 0 unspecified atom stereocenters. The highest BCUT2D eigenvalue weighted by Gasteiger charge is 2.36. The minimum Gasteiger partial charge on any atom is -0.342 e. The first-order valence-corrected chi connectivity index (χ1v) is 9.74. The van der Waals surface area contributed by atoms with Crippen molar-refractivity contribution in [2.24, 2.45) is 5.92 Å². The SMILES string of the molecule is CCN1C[C@H](C(=O)N2CCC(Sc3cccc(C)c3)CC2)CC1=O. The van der Waals surface area contributed by atoms with Gasteiger partial charge >= 0.3 is 0 Å². The Morgan fingerprint density at radius 2 is 2.04 bits per heavy atom. The number of likely N-dealkylation sites (tertiary alicyclic amines) is 2. The van der Waals surface area contributed by atoms with Crippen molar-refractivity contribution in [1.29, 1.82) is 0 Å². The Bertz CT molecular complexity index is 611. The van der Waals surface area contributed by atoms with Crippen LogP contribution >= 0.6 is 11.8 Å². The number of aryl methyl sites for hydroxylation is 1. The molecular weight excluding hydrogens is 320 g/mol. The molecule has 1 aromatic carbocycles. The van der Waals surface area contributed by atoms with E-state index in [4.69, 9.17) is 0 Å². The lowest BCUT2D eigenvalue weighted by Crippen LogP contribution is -2.43. The highest BCUT2D eigenvalue weighted by Crippen LogP contribution is 2.31. The van der Waals surface area contributed by atoms with Crippen LogP contribution < -0.4 is 0 Å². The Morgan fingerprint density at radius 1 is 1.29 bits per heavy atom. The van der Waals surface area contributed by atoms with E-state index in [0.29, 0.717) is 24.8 Å². The normalized spacial score (nSPS) is 22.2. The maximum Gasteiger partial charge on any atom is 0.227 e. The number of nitrogens with zero attached hydrogens (tertiary/aromatic N) is 2. The van der Waals surface area contributed by atoms with Crippen molar-refractivity contribution in [3.8, 4) is 0 Å². The summed E-state index contributed by atoms with van der Waals surface area (Å²) in [6.45, 7) is 7.04. The van der Waals surface area contributed by atoms with Crippen LogP contribution in [0.1, 0.15) is 31.7 Å². The first-order chi connectivity index (χ1) is 11.6. The minimum atomic E-state index is -0.126. The van der Waals surface area contributed by atoms with E-state index in [1.165, 1.54) is 10.5 Å².